The van der Waals surface area contributed by atoms with E-state index in [1.807, 2.05) is 54.6 Å². The largest absolute Gasteiger partial charge is 0.480 e. The van der Waals surface area contributed by atoms with E-state index >= 15 is 0 Å². The third-order valence-electron chi connectivity index (χ3n) is 5.52. The Morgan fingerprint density at radius 1 is 0.966 bits per heavy atom. The van der Waals surface area contributed by atoms with Crippen LogP contribution in [0.1, 0.15) is 17.9 Å². The van der Waals surface area contributed by atoms with Crippen molar-refractivity contribution in [2.75, 3.05) is 0 Å². The van der Waals surface area contributed by atoms with Gasteiger partial charge >= 0.3 is 5.97 Å². The highest BCUT2D eigenvalue weighted by Crippen LogP contribution is 2.52. The summed E-state index contributed by atoms with van der Waals surface area (Å²) in [6, 6.07) is 21.0. The Labute approximate surface area is 166 Å². The fourth-order valence-electron chi connectivity index (χ4n) is 3.91. The number of carbonyl (C=O) groups is 1. The number of rotatable bonds is 5. The molecule has 5 rings (SSSR count). The molecule has 1 fully saturated rings. The van der Waals surface area contributed by atoms with Gasteiger partial charge in [-0.05, 0) is 36.2 Å². The summed E-state index contributed by atoms with van der Waals surface area (Å²) < 4.78 is 34.3. The predicted octanol–water partition coefficient (Wildman–Crippen LogP) is 3.88. The first-order valence-corrected chi connectivity index (χ1v) is 10.6. The highest BCUT2D eigenvalue weighted by atomic mass is 32.2. The third-order valence-corrected chi connectivity index (χ3v) is 7.03. The van der Waals surface area contributed by atoms with Crippen LogP contribution < -0.4 is 4.72 Å². The van der Waals surface area contributed by atoms with E-state index in [0.29, 0.717) is 16.6 Å². The Morgan fingerprint density at radius 2 is 1.66 bits per heavy atom. The molecule has 0 aliphatic heterocycles. The van der Waals surface area contributed by atoms with E-state index in [1.165, 1.54) is 12.1 Å². The monoisotopic (exact) mass is 407 g/mol. The molecule has 1 aliphatic rings. The first-order valence-electron chi connectivity index (χ1n) is 9.14. The molecule has 6 nitrogen and oxygen atoms in total. The number of hydrogen-bond acceptors (Lipinski definition) is 4. The molecule has 7 heteroatoms. The molecule has 1 aromatic heterocycles. The maximum Gasteiger partial charge on any atom is 0.325 e. The SMILES string of the molecule is O=C(O)C1(NS(=O)(=O)c2ccc3oc4ccccc4c3c2)CC1c1ccccc1. The van der Waals surface area contributed by atoms with Crippen LogP contribution in [0.5, 0.6) is 0 Å². The first-order chi connectivity index (χ1) is 13.9. The molecule has 2 atom stereocenters. The average Bonchev–Trinajstić information content (AvgIpc) is 3.32. The molecule has 0 saturated heterocycles. The van der Waals surface area contributed by atoms with Crippen molar-refractivity contribution < 1.29 is 22.7 Å². The topological polar surface area (TPSA) is 96.6 Å². The lowest BCUT2D eigenvalue weighted by Crippen LogP contribution is -2.44. The van der Waals surface area contributed by atoms with E-state index < -0.39 is 27.4 Å². The minimum atomic E-state index is -4.05. The van der Waals surface area contributed by atoms with Crippen molar-refractivity contribution in [3.8, 4) is 0 Å². The number of furan rings is 1. The van der Waals surface area contributed by atoms with Gasteiger partial charge in [-0.25, -0.2) is 8.42 Å². The lowest BCUT2D eigenvalue weighted by molar-refractivity contribution is -0.140. The van der Waals surface area contributed by atoms with Gasteiger partial charge in [-0.1, -0.05) is 48.5 Å². The van der Waals surface area contributed by atoms with Crippen LogP contribution in [-0.2, 0) is 14.8 Å². The van der Waals surface area contributed by atoms with Crippen molar-refractivity contribution in [1.82, 2.24) is 4.72 Å². The Hall–Kier alpha value is -3.16. The molecule has 1 aliphatic carbocycles. The number of fused-ring (bicyclic) bond motifs is 3. The van der Waals surface area contributed by atoms with E-state index in [1.54, 1.807) is 6.07 Å². The molecule has 2 N–H and O–H groups in total. The van der Waals surface area contributed by atoms with E-state index in [9.17, 15) is 18.3 Å². The first kappa shape index (κ1) is 17.9. The number of carboxylic acids is 1. The third kappa shape index (κ3) is 2.82. The average molecular weight is 407 g/mol. The maximum absolute atomic E-state index is 13.1. The fraction of sp³-hybridized carbons (Fsp3) is 0.136. The predicted molar refractivity (Wildman–Crippen MR) is 108 cm³/mol. The van der Waals surface area contributed by atoms with Crippen LogP contribution in [0.4, 0.5) is 0 Å². The number of para-hydroxylation sites is 1. The Morgan fingerprint density at radius 3 is 2.41 bits per heavy atom. The quantitative estimate of drug-likeness (QED) is 0.523. The zero-order valence-electron chi connectivity index (χ0n) is 15.2. The minimum absolute atomic E-state index is 0.0101. The van der Waals surface area contributed by atoms with Gasteiger partial charge in [0, 0.05) is 16.7 Å². The van der Waals surface area contributed by atoms with Gasteiger partial charge in [0.05, 0.1) is 4.90 Å². The molecule has 0 amide bonds. The highest BCUT2D eigenvalue weighted by molar-refractivity contribution is 7.89. The highest BCUT2D eigenvalue weighted by Gasteiger charge is 2.63. The summed E-state index contributed by atoms with van der Waals surface area (Å²) in [5, 5.41) is 11.3. The number of aliphatic carboxylic acids is 1. The van der Waals surface area contributed by atoms with Crippen LogP contribution in [0, 0.1) is 0 Å². The second-order valence-corrected chi connectivity index (χ2v) is 8.99. The molecule has 0 spiro atoms. The standard InChI is InChI=1S/C22H17NO5S/c24-21(25)22(13-18(22)14-6-2-1-3-7-14)23-29(26,27)15-10-11-20-17(12-15)16-8-4-5-9-19(16)28-20/h1-12,18,23H,13H2,(H,24,25). The minimum Gasteiger partial charge on any atom is -0.480 e. The van der Waals surface area contributed by atoms with Crippen LogP contribution in [0.3, 0.4) is 0 Å². The molecule has 0 bridgehead atoms. The molecule has 29 heavy (non-hydrogen) atoms. The Kier molecular flexibility index (Phi) is 3.81. The number of hydrogen-bond donors (Lipinski definition) is 2. The summed E-state index contributed by atoms with van der Waals surface area (Å²) >= 11 is 0. The van der Waals surface area contributed by atoms with Crippen molar-refractivity contribution in [3.63, 3.8) is 0 Å². The molecule has 1 saturated carbocycles. The Bertz CT molecular complexity index is 1360. The lowest BCUT2D eigenvalue weighted by atomic mass is 10.1. The zero-order valence-corrected chi connectivity index (χ0v) is 16.0. The van der Waals surface area contributed by atoms with E-state index in [0.717, 1.165) is 10.9 Å². The van der Waals surface area contributed by atoms with Gasteiger partial charge in [-0.3, -0.25) is 4.79 Å². The summed E-state index contributed by atoms with van der Waals surface area (Å²) in [6.07, 6.45) is 0.211. The lowest BCUT2D eigenvalue weighted by Gasteiger charge is -2.15. The summed E-state index contributed by atoms with van der Waals surface area (Å²) in [5.41, 5.74) is 0.507. The number of benzene rings is 3. The normalized spacial score (nSPS) is 21.4. The molecule has 4 aromatic rings. The van der Waals surface area contributed by atoms with Gasteiger partial charge in [-0.2, -0.15) is 4.72 Å². The maximum atomic E-state index is 13.1. The van der Waals surface area contributed by atoms with Gasteiger partial charge < -0.3 is 9.52 Å². The van der Waals surface area contributed by atoms with Crippen molar-refractivity contribution in [2.24, 2.45) is 0 Å². The second-order valence-electron chi connectivity index (χ2n) is 7.31. The van der Waals surface area contributed by atoms with Gasteiger partial charge in [-0.15, -0.1) is 0 Å². The fourth-order valence-corrected chi connectivity index (χ4v) is 5.35. The van der Waals surface area contributed by atoms with Gasteiger partial charge in [0.1, 0.15) is 16.7 Å². The molecule has 2 unspecified atom stereocenters. The second kappa shape index (κ2) is 6.17. The molecule has 146 valence electrons. The van der Waals surface area contributed by atoms with Crippen molar-refractivity contribution in [3.05, 3.63) is 78.4 Å². The van der Waals surface area contributed by atoms with E-state index in [4.69, 9.17) is 4.42 Å². The molecule has 1 heterocycles. The van der Waals surface area contributed by atoms with Gasteiger partial charge in [0.2, 0.25) is 10.0 Å². The number of sulfonamides is 1. The molecular formula is C22H17NO5S. The number of nitrogens with one attached hydrogen (secondary N) is 1. The summed E-state index contributed by atoms with van der Waals surface area (Å²) in [6.45, 7) is 0. The molecule has 3 aromatic carbocycles. The molecular weight excluding hydrogens is 390 g/mol. The zero-order chi connectivity index (χ0) is 20.2. The van der Waals surface area contributed by atoms with Crippen molar-refractivity contribution in [1.29, 1.82) is 0 Å². The van der Waals surface area contributed by atoms with E-state index in [2.05, 4.69) is 4.72 Å². The van der Waals surface area contributed by atoms with Crippen LogP contribution in [0.25, 0.3) is 21.9 Å². The van der Waals surface area contributed by atoms with Gasteiger partial charge in [0.25, 0.3) is 0 Å². The Balaban J connectivity index is 1.54. The van der Waals surface area contributed by atoms with Crippen LogP contribution in [-0.4, -0.2) is 25.0 Å². The summed E-state index contributed by atoms with van der Waals surface area (Å²) in [7, 11) is -4.05. The van der Waals surface area contributed by atoms with Crippen molar-refractivity contribution >= 4 is 37.9 Å². The summed E-state index contributed by atoms with van der Waals surface area (Å²) in [5.74, 6) is -1.58. The van der Waals surface area contributed by atoms with Gasteiger partial charge in [0.15, 0.2) is 0 Å². The van der Waals surface area contributed by atoms with Crippen LogP contribution >= 0.6 is 0 Å². The smallest absolute Gasteiger partial charge is 0.325 e. The number of carboxylic acid groups (broad SMARTS) is 1. The summed E-state index contributed by atoms with van der Waals surface area (Å²) in [4.78, 5) is 12.0. The van der Waals surface area contributed by atoms with Crippen LogP contribution in [0.2, 0.25) is 0 Å². The molecule has 0 radical (unpaired) electrons. The van der Waals surface area contributed by atoms with Crippen molar-refractivity contribution in [2.45, 2.75) is 22.8 Å². The van der Waals surface area contributed by atoms with E-state index in [-0.39, 0.29) is 11.3 Å². The van der Waals surface area contributed by atoms with Crippen LogP contribution in [0.15, 0.2) is 82.1 Å².